The molecule has 1 atom stereocenters. The molecule has 0 fully saturated rings. The summed E-state index contributed by atoms with van der Waals surface area (Å²) in [6.07, 6.45) is 0.751. The molecule has 0 aliphatic heterocycles. The number of nitrogens with zero attached hydrogens (tertiary/aromatic N) is 1. The predicted octanol–water partition coefficient (Wildman–Crippen LogP) is 5.70. The van der Waals surface area contributed by atoms with Gasteiger partial charge >= 0.3 is 0 Å². The smallest absolute Gasteiger partial charge is 0.233 e. The topological polar surface area (TPSA) is 42.0 Å². The van der Waals surface area contributed by atoms with E-state index in [0.29, 0.717) is 5.13 Å². The van der Waals surface area contributed by atoms with Gasteiger partial charge in [0.15, 0.2) is 5.13 Å². The molecule has 5 heteroatoms. The zero-order valence-corrected chi connectivity index (χ0v) is 15.6. The van der Waals surface area contributed by atoms with Crippen molar-refractivity contribution in [2.24, 2.45) is 0 Å². The minimum absolute atomic E-state index is 0.0135. The summed E-state index contributed by atoms with van der Waals surface area (Å²) in [6.45, 7) is 2.02. The van der Waals surface area contributed by atoms with Gasteiger partial charge in [-0.05, 0) is 24.1 Å². The number of halogens is 1. The van der Waals surface area contributed by atoms with Crippen LogP contribution in [0.2, 0.25) is 0 Å². The number of carbonyl (C=O) groups excluding carboxylic acids is 1. The Balaban J connectivity index is 1.74. The first-order valence-corrected chi connectivity index (χ1v) is 9.42. The van der Waals surface area contributed by atoms with Crippen molar-refractivity contribution < 1.29 is 4.79 Å². The number of hydrogen-bond acceptors (Lipinski definition) is 3. The largest absolute Gasteiger partial charge is 0.301 e. The van der Waals surface area contributed by atoms with Crippen molar-refractivity contribution >= 4 is 38.3 Å². The lowest BCUT2D eigenvalue weighted by Crippen LogP contribution is -2.20. The molecule has 0 saturated carbocycles. The van der Waals surface area contributed by atoms with Crippen LogP contribution in [0.15, 0.2) is 64.5 Å². The van der Waals surface area contributed by atoms with E-state index in [4.69, 9.17) is 0 Å². The number of benzene rings is 2. The van der Waals surface area contributed by atoms with Crippen molar-refractivity contribution in [3.63, 3.8) is 0 Å². The minimum atomic E-state index is -0.161. The van der Waals surface area contributed by atoms with Crippen molar-refractivity contribution in [1.29, 1.82) is 0 Å². The Hall–Kier alpha value is -1.98. The Morgan fingerprint density at radius 1 is 1.17 bits per heavy atom. The highest BCUT2D eigenvalue weighted by atomic mass is 79.9. The van der Waals surface area contributed by atoms with E-state index in [9.17, 15) is 4.79 Å². The summed E-state index contributed by atoms with van der Waals surface area (Å²) in [6, 6.07) is 17.8. The van der Waals surface area contributed by atoms with Gasteiger partial charge in [0.2, 0.25) is 5.91 Å². The Morgan fingerprint density at radius 2 is 1.88 bits per heavy atom. The van der Waals surface area contributed by atoms with Crippen LogP contribution in [0.25, 0.3) is 11.3 Å². The normalized spacial score (nSPS) is 11.9. The summed E-state index contributed by atoms with van der Waals surface area (Å²) in [5.41, 5.74) is 2.93. The van der Waals surface area contributed by atoms with Gasteiger partial charge in [-0.1, -0.05) is 65.3 Å². The summed E-state index contributed by atoms with van der Waals surface area (Å²) in [4.78, 5) is 17.1. The molecule has 0 unspecified atom stereocenters. The Labute approximate surface area is 153 Å². The van der Waals surface area contributed by atoms with Crippen molar-refractivity contribution in [2.75, 3.05) is 5.32 Å². The number of rotatable bonds is 5. The molecular formula is C19H17BrN2OS. The molecule has 3 aromatic rings. The maximum absolute atomic E-state index is 12.6. The molecule has 0 aliphatic rings. The first-order valence-electron chi connectivity index (χ1n) is 7.74. The van der Waals surface area contributed by atoms with Gasteiger partial charge in [0.05, 0.1) is 11.6 Å². The summed E-state index contributed by atoms with van der Waals surface area (Å²) < 4.78 is 1.03. The molecule has 0 bridgehead atoms. The lowest BCUT2D eigenvalue weighted by molar-refractivity contribution is -0.117. The van der Waals surface area contributed by atoms with Gasteiger partial charge < -0.3 is 5.32 Å². The van der Waals surface area contributed by atoms with Crippen LogP contribution in [-0.4, -0.2) is 10.9 Å². The highest BCUT2D eigenvalue weighted by Gasteiger charge is 2.19. The van der Waals surface area contributed by atoms with Crippen LogP contribution in [-0.2, 0) is 4.79 Å². The van der Waals surface area contributed by atoms with E-state index >= 15 is 0 Å². The number of aromatic nitrogens is 1. The van der Waals surface area contributed by atoms with Crippen molar-refractivity contribution in [2.45, 2.75) is 19.3 Å². The zero-order valence-electron chi connectivity index (χ0n) is 13.2. The van der Waals surface area contributed by atoms with E-state index in [0.717, 1.165) is 27.7 Å². The monoisotopic (exact) mass is 400 g/mol. The molecule has 122 valence electrons. The number of carbonyl (C=O) groups is 1. The lowest BCUT2D eigenvalue weighted by atomic mass is 9.96. The molecule has 3 nitrogen and oxygen atoms in total. The molecule has 2 aromatic carbocycles. The third kappa shape index (κ3) is 3.91. The molecular weight excluding hydrogens is 384 g/mol. The van der Waals surface area contributed by atoms with E-state index in [1.54, 1.807) is 0 Å². The minimum Gasteiger partial charge on any atom is -0.301 e. The van der Waals surface area contributed by atoms with Crippen molar-refractivity contribution in [1.82, 2.24) is 4.98 Å². The average molecular weight is 401 g/mol. The first kappa shape index (κ1) is 16.9. The van der Waals surface area contributed by atoms with Gasteiger partial charge in [0.1, 0.15) is 0 Å². The van der Waals surface area contributed by atoms with Gasteiger partial charge in [0, 0.05) is 15.4 Å². The highest BCUT2D eigenvalue weighted by Crippen LogP contribution is 2.27. The second-order valence-electron chi connectivity index (χ2n) is 5.41. The number of amides is 1. The van der Waals surface area contributed by atoms with Crippen LogP contribution < -0.4 is 5.32 Å². The van der Waals surface area contributed by atoms with Crippen molar-refractivity contribution in [3.8, 4) is 11.3 Å². The Morgan fingerprint density at radius 3 is 2.54 bits per heavy atom. The van der Waals surface area contributed by atoms with Crippen LogP contribution in [0.1, 0.15) is 24.8 Å². The Bertz CT molecular complexity index is 815. The van der Waals surface area contributed by atoms with Crippen molar-refractivity contribution in [3.05, 3.63) is 70.0 Å². The Kier molecular flexibility index (Phi) is 5.43. The molecule has 1 heterocycles. The maximum Gasteiger partial charge on any atom is 0.233 e. The molecule has 3 rings (SSSR count). The highest BCUT2D eigenvalue weighted by molar-refractivity contribution is 9.10. The maximum atomic E-state index is 12.6. The number of thiazole rings is 1. The molecule has 1 amide bonds. The van der Waals surface area contributed by atoms with Gasteiger partial charge in [-0.2, -0.15) is 0 Å². The number of nitrogens with one attached hydrogen (secondary N) is 1. The third-order valence-corrected chi connectivity index (χ3v) is 5.09. The summed E-state index contributed by atoms with van der Waals surface area (Å²) in [5, 5.41) is 5.54. The molecule has 0 spiro atoms. The molecule has 1 aromatic heterocycles. The SMILES string of the molecule is CC[C@H](C(=O)Nc1nc(-c2ccc(Br)cc2)cs1)c1ccccc1. The molecule has 0 radical (unpaired) electrons. The van der Waals surface area contributed by atoms with Crippen LogP contribution in [0, 0.1) is 0 Å². The first-order chi connectivity index (χ1) is 11.7. The molecule has 0 aliphatic carbocycles. The second kappa shape index (κ2) is 7.73. The lowest BCUT2D eigenvalue weighted by Gasteiger charge is -2.14. The fourth-order valence-electron chi connectivity index (χ4n) is 2.53. The van der Waals surface area contributed by atoms with E-state index < -0.39 is 0 Å². The zero-order chi connectivity index (χ0) is 16.9. The van der Waals surface area contributed by atoms with Crippen LogP contribution in [0.4, 0.5) is 5.13 Å². The molecule has 0 saturated heterocycles. The average Bonchev–Trinajstić information content (AvgIpc) is 3.05. The van der Waals surface area contributed by atoms with E-state index in [-0.39, 0.29) is 11.8 Å². The number of anilines is 1. The quantitative estimate of drug-likeness (QED) is 0.596. The van der Waals surface area contributed by atoms with Crippen LogP contribution >= 0.6 is 27.3 Å². The number of hydrogen-bond donors (Lipinski definition) is 1. The van der Waals surface area contributed by atoms with Crippen LogP contribution in [0.3, 0.4) is 0 Å². The van der Waals surface area contributed by atoms with E-state index in [2.05, 4.69) is 26.2 Å². The fraction of sp³-hybridized carbons (Fsp3) is 0.158. The van der Waals surface area contributed by atoms with Gasteiger partial charge in [-0.15, -0.1) is 11.3 Å². The van der Waals surface area contributed by atoms with E-state index in [1.165, 1.54) is 11.3 Å². The van der Waals surface area contributed by atoms with Gasteiger partial charge in [-0.3, -0.25) is 4.79 Å². The summed E-state index contributed by atoms with van der Waals surface area (Å²) >= 11 is 4.87. The van der Waals surface area contributed by atoms with Crippen LogP contribution in [0.5, 0.6) is 0 Å². The molecule has 24 heavy (non-hydrogen) atoms. The van der Waals surface area contributed by atoms with E-state index in [1.807, 2.05) is 66.9 Å². The molecule has 1 N–H and O–H groups in total. The van der Waals surface area contributed by atoms with Gasteiger partial charge in [-0.25, -0.2) is 4.98 Å². The van der Waals surface area contributed by atoms with Gasteiger partial charge in [0.25, 0.3) is 0 Å². The summed E-state index contributed by atoms with van der Waals surface area (Å²) in [5.74, 6) is -0.174. The fourth-order valence-corrected chi connectivity index (χ4v) is 3.52. The third-order valence-electron chi connectivity index (χ3n) is 3.80. The summed E-state index contributed by atoms with van der Waals surface area (Å²) in [7, 11) is 0. The standard InChI is InChI=1S/C19H17BrN2OS/c1-2-16(13-6-4-3-5-7-13)18(23)22-19-21-17(12-24-19)14-8-10-15(20)11-9-14/h3-12,16H,2H2,1H3,(H,21,22,23)/t16-/m0/s1. The predicted molar refractivity (Wildman–Crippen MR) is 103 cm³/mol. The second-order valence-corrected chi connectivity index (χ2v) is 7.18.